The van der Waals surface area contributed by atoms with E-state index in [1.807, 2.05) is 49.4 Å². The molecule has 2 aromatic carbocycles. The molecule has 4 rings (SSSR count). The molecule has 0 N–H and O–H groups in total. The van der Waals surface area contributed by atoms with Crippen LogP contribution in [-0.4, -0.2) is 30.9 Å². The molecule has 0 spiro atoms. The normalized spacial score (nSPS) is 15.5. The minimum Gasteiger partial charge on any atom is -0.493 e. The Hall–Kier alpha value is -3.17. The summed E-state index contributed by atoms with van der Waals surface area (Å²) in [6, 6.07) is 12.4. The number of rotatable bonds is 7. The molecule has 0 saturated heterocycles. The molecule has 0 unspecified atom stereocenters. The van der Waals surface area contributed by atoms with Gasteiger partial charge < -0.3 is 14.2 Å². The zero-order chi connectivity index (χ0) is 25.1. The van der Waals surface area contributed by atoms with Gasteiger partial charge in [0.2, 0.25) is 0 Å². The average molecular weight is 557 g/mol. The van der Waals surface area contributed by atoms with Crippen molar-refractivity contribution in [2.24, 2.45) is 4.99 Å². The van der Waals surface area contributed by atoms with Gasteiger partial charge in [-0.2, -0.15) is 0 Å². The lowest BCUT2D eigenvalue weighted by Crippen LogP contribution is -2.39. The SMILES string of the molecule is CCOC(=O)C1=C(C)N=c2s/c(=C\c3ccc(OCC)c(OC)c3)c(=O)n2[C@@H]1c1ccc(Br)cc1. The molecule has 1 aliphatic rings. The van der Waals surface area contributed by atoms with Crippen molar-refractivity contribution >= 4 is 39.3 Å². The van der Waals surface area contributed by atoms with Gasteiger partial charge in [0.05, 0.1) is 42.2 Å². The standard InChI is InChI=1S/C26H25BrN2O5S/c1-5-33-19-12-7-16(13-20(19)32-4)14-21-24(30)29-23(17-8-10-18(27)11-9-17)22(25(31)34-6-2)15(3)28-26(29)35-21/h7-14,23H,5-6H2,1-4H3/b21-14-/t23-/m1/s1. The van der Waals surface area contributed by atoms with Crippen molar-refractivity contribution in [3.63, 3.8) is 0 Å². The second-order valence-corrected chi connectivity index (χ2v) is 9.62. The lowest BCUT2D eigenvalue weighted by molar-refractivity contribution is -0.139. The second kappa shape index (κ2) is 10.6. The van der Waals surface area contributed by atoms with Crippen LogP contribution < -0.4 is 24.4 Å². The number of ether oxygens (including phenoxy) is 3. The Morgan fingerprint density at radius 2 is 1.89 bits per heavy atom. The van der Waals surface area contributed by atoms with Gasteiger partial charge in [-0.15, -0.1) is 0 Å². The van der Waals surface area contributed by atoms with Gasteiger partial charge in [-0.05, 0) is 62.2 Å². The number of fused-ring (bicyclic) bond motifs is 1. The lowest BCUT2D eigenvalue weighted by Gasteiger charge is -2.24. The van der Waals surface area contributed by atoms with Crippen LogP contribution in [0.5, 0.6) is 11.5 Å². The Labute approximate surface area is 215 Å². The molecule has 2 heterocycles. The fraction of sp³-hybridized carbons (Fsp3) is 0.269. The predicted molar refractivity (Wildman–Crippen MR) is 139 cm³/mol. The van der Waals surface area contributed by atoms with Gasteiger partial charge in [0.15, 0.2) is 16.3 Å². The van der Waals surface area contributed by atoms with Gasteiger partial charge in [-0.1, -0.05) is 45.5 Å². The molecule has 0 bridgehead atoms. The average Bonchev–Trinajstić information content (AvgIpc) is 3.14. The number of halogens is 1. The Bertz CT molecular complexity index is 1470. The molecule has 1 aromatic heterocycles. The number of carbonyl (C=O) groups excluding carboxylic acids is 1. The first-order valence-corrected chi connectivity index (χ1v) is 12.7. The fourth-order valence-electron chi connectivity index (χ4n) is 3.95. The Kier molecular flexibility index (Phi) is 7.57. The summed E-state index contributed by atoms with van der Waals surface area (Å²) in [7, 11) is 1.58. The number of hydrogen-bond donors (Lipinski definition) is 0. The molecular weight excluding hydrogens is 532 g/mol. The number of esters is 1. The summed E-state index contributed by atoms with van der Waals surface area (Å²) < 4.78 is 19.3. The highest BCUT2D eigenvalue weighted by molar-refractivity contribution is 9.10. The zero-order valence-electron chi connectivity index (χ0n) is 19.8. The Morgan fingerprint density at radius 3 is 2.54 bits per heavy atom. The molecule has 1 aliphatic heterocycles. The Balaban J connectivity index is 1.90. The van der Waals surface area contributed by atoms with E-state index in [9.17, 15) is 9.59 Å². The van der Waals surface area contributed by atoms with Crippen molar-refractivity contribution in [2.45, 2.75) is 26.8 Å². The van der Waals surface area contributed by atoms with E-state index < -0.39 is 12.0 Å². The molecule has 0 fully saturated rings. The highest BCUT2D eigenvalue weighted by Gasteiger charge is 2.33. The van der Waals surface area contributed by atoms with Crippen molar-refractivity contribution in [3.05, 3.63) is 89.0 Å². The number of benzene rings is 2. The highest BCUT2D eigenvalue weighted by Crippen LogP contribution is 2.31. The third-order valence-electron chi connectivity index (χ3n) is 5.49. The highest BCUT2D eigenvalue weighted by atomic mass is 79.9. The van der Waals surface area contributed by atoms with Crippen LogP contribution in [0.25, 0.3) is 6.08 Å². The van der Waals surface area contributed by atoms with Gasteiger partial charge in [0.25, 0.3) is 5.56 Å². The summed E-state index contributed by atoms with van der Waals surface area (Å²) >= 11 is 4.73. The van der Waals surface area contributed by atoms with Gasteiger partial charge in [0.1, 0.15) is 0 Å². The number of hydrogen-bond acceptors (Lipinski definition) is 7. The summed E-state index contributed by atoms with van der Waals surface area (Å²) in [6.07, 6.45) is 1.80. The third kappa shape index (κ3) is 4.97. The number of nitrogens with zero attached hydrogens (tertiary/aromatic N) is 2. The maximum Gasteiger partial charge on any atom is 0.338 e. The molecule has 182 valence electrons. The molecule has 9 heteroatoms. The van der Waals surface area contributed by atoms with Gasteiger partial charge in [-0.3, -0.25) is 9.36 Å². The zero-order valence-corrected chi connectivity index (χ0v) is 22.2. The van der Waals surface area contributed by atoms with Crippen LogP contribution >= 0.6 is 27.3 Å². The van der Waals surface area contributed by atoms with Gasteiger partial charge in [0, 0.05) is 4.47 Å². The number of methoxy groups -OCH3 is 1. The fourth-order valence-corrected chi connectivity index (χ4v) is 5.26. The van der Waals surface area contributed by atoms with Crippen LogP contribution in [-0.2, 0) is 9.53 Å². The van der Waals surface area contributed by atoms with E-state index in [1.165, 1.54) is 11.3 Å². The maximum absolute atomic E-state index is 13.7. The van der Waals surface area contributed by atoms with Crippen molar-refractivity contribution in [2.75, 3.05) is 20.3 Å². The lowest BCUT2D eigenvalue weighted by atomic mass is 9.96. The summed E-state index contributed by atoms with van der Waals surface area (Å²) in [4.78, 5) is 31.7. The number of carbonyl (C=O) groups is 1. The molecule has 0 radical (unpaired) electrons. The van der Waals surface area contributed by atoms with Crippen molar-refractivity contribution in [1.29, 1.82) is 0 Å². The maximum atomic E-state index is 13.7. The summed E-state index contributed by atoms with van der Waals surface area (Å²) in [6.45, 7) is 6.18. The smallest absolute Gasteiger partial charge is 0.338 e. The first kappa shape index (κ1) is 24.9. The first-order valence-electron chi connectivity index (χ1n) is 11.1. The summed E-state index contributed by atoms with van der Waals surface area (Å²) in [5.74, 6) is 0.743. The van der Waals surface area contributed by atoms with E-state index in [2.05, 4.69) is 20.9 Å². The monoisotopic (exact) mass is 556 g/mol. The van der Waals surface area contributed by atoms with E-state index in [0.29, 0.717) is 38.7 Å². The molecule has 0 saturated carbocycles. The summed E-state index contributed by atoms with van der Waals surface area (Å²) in [5.41, 5.74) is 2.24. The second-order valence-electron chi connectivity index (χ2n) is 7.70. The van der Waals surface area contributed by atoms with Crippen molar-refractivity contribution < 1.29 is 19.0 Å². The first-order chi connectivity index (χ1) is 16.9. The van der Waals surface area contributed by atoms with Gasteiger partial charge >= 0.3 is 5.97 Å². The number of allylic oxidation sites excluding steroid dienone is 1. The summed E-state index contributed by atoms with van der Waals surface area (Å²) in [5, 5.41) is 0. The third-order valence-corrected chi connectivity index (χ3v) is 7.00. The topological polar surface area (TPSA) is 79.1 Å². The molecule has 3 aromatic rings. The predicted octanol–water partition coefficient (Wildman–Crippen LogP) is 3.97. The minimum atomic E-state index is -0.643. The molecule has 0 amide bonds. The van der Waals surface area contributed by atoms with E-state index in [1.54, 1.807) is 31.6 Å². The van der Waals surface area contributed by atoms with Crippen LogP contribution in [0.15, 0.2) is 68.0 Å². The molecule has 35 heavy (non-hydrogen) atoms. The van der Waals surface area contributed by atoms with Crippen LogP contribution in [0.4, 0.5) is 0 Å². The molecule has 7 nitrogen and oxygen atoms in total. The van der Waals surface area contributed by atoms with Crippen LogP contribution in [0, 0.1) is 0 Å². The van der Waals surface area contributed by atoms with E-state index in [4.69, 9.17) is 14.2 Å². The van der Waals surface area contributed by atoms with E-state index in [-0.39, 0.29) is 12.2 Å². The van der Waals surface area contributed by atoms with E-state index in [0.717, 1.165) is 15.6 Å². The van der Waals surface area contributed by atoms with E-state index >= 15 is 0 Å². The van der Waals surface area contributed by atoms with Crippen molar-refractivity contribution in [1.82, 2.24) is 4.57 Å². The van der Waals surface area contributed by atoms with Crippen LogP contribution in [0.3, 0.4) is 0 Å². The minimum absolute atomic E-state index is 0.229. The Morgan fingerprint density at radius 1 is 1.14 bits per heavy atom. The van der Waals surface area contributed by atoms with Crippen LogP contribution in [0.2, 0.25) is 0 Å². The molecular formula is C26H25BrN2O5S. The van der Waals surface area contributed by atoms with Crippen LogP contribution in [0.1, 0.15) is 37.9 Å². The van der Waals surface area contributed by atoms with Crippen molar-refractivity contribution in [3.8, 4) is 11.5 Å². The quantitative estimate of drug-likeness (QED) is 0.411. The number of thiazole rings is 1. The largest absolute Gasteiger partial charge is 0.493 e. The number of aromatic nitrogens is 1. The molecule has 1 atom stereocenters. The molecule has 0 aliphatic carbocycles. The van der Waals surface area contributed by atoms with Gasteiger partial charge in [-0.25, -0.2) is 9.79 Å².